The molecule has 10 nitrogen and oxygen atoms in total. The van der Waals surface area contributed by atoms with E-state index in [-0.39, 0.29) is 29.8 Å². The summed E-state index contributed by atoms with van der Waals surface area (Å²) in [6.45, 7) is 3.95. The molecule has 1 aromatic heterocycles. The molecule has 2 heterocycles. The van der Waals surface area contributed by atoms with Crippen molar-refractivity contribution in [1.82, 2.24) is 9.97 Å². The molecule has 1 fully saturated rings. The van der Waals surface area contributed by atoms with E-state index >= 15 is 4.39 Å². The number of aromatic nitrogens is 2. The van der Waals surface area contributed by atoms with Crippen molar-refractivity contribution in [3.63, 3.8) is 0 Å². The van der Waals surface area contributed by atoms with Crippen LogP contribution in [0, 0.1) is 11.7 Å². The number of carbonyl (C=O) groups is 2. The Morgan fingerprint density at radius 1 is 1.23 bits per heavy atom. The number of hydrogen-bond acceptors (Lipinski definition) is 7. The molecular formula is C27H26BrFN6O4. The number of halogens is 2. The number of methoxy groups -OCH3 is 2. The zero-order chi connectivity index (χ0) is 27.7. The molecule has 1 aliphatic heterocycles. The van der Waals surface area contributed by atoms with Gasteiger partial charge in [-0.2, -0.15) is 4.98 Å². The maximum absolute atomic E-state index is 15.5. The first kappa shape index (κ1) is 26.4. The summed E-state index contributed by atoms with van der Waals surface area (Å²) in [7, 11) is 2.81. The van der Waals surface area contributed by atoms with E-state index < -0.39 is 11.8 Å². The lowest BCUT2D eigenvalue weighted by Gasteiger charge is -2.37. The van der Waals surface area contributed by atoms with Crippen molar-refractivity contribution in [1.29, 1.82) is 0 Å². The summed E-state index contributed by atoms with van der Waals surface area (Å²) in [5.74, 6) is 0.251. The van der Waals surface area contributed by atoms with Crippen LogP contribution in [0.3, 0.4) is 0 Å². The number of rotatable bonds is 9. The van der Waals surface area contributed by atoms with Gasteiger partial charge in [-0.25, -0.2) is 14.2 Å². The van der Waals surface area contributed by atoms with Gasteiger partial charge in [-0.05, 0) is 52.9 Å². The number of ether oxygens (including phenoxy) is 2. The summed E-state index contributed by atoms with van der Waals surface area (Å²) in [5, 5.41) is 5.86. The van der Waals surface area contributed by atoms with E-state index in [1.807, 2.05) is 0 Å². The molecule has 0 bridgehead atoms. The third kappa shape index (κ3) is 5.24. The molecule has 1 aliphatic carbocycles. The van der Waals surface area contributed by atoms with Gasteiger partial charge in [0.25, 0.3) is 0 Å². The predicted molar refractivity (Wildman–Crippen MR) is 149 cm³/mol. The fourth-order valence-corrected chi connectivity index (χ4v) is 4.95. The lowest BCUT2D eigenvalue weighted by atomic mass is 10.1. The lowest BCUT2D eigenvalue weighted by Crippen LogP contribution is -2.49. The molecule has 5 rings (SSSR count). The van der Waals surface area contributed by atoms with E-state index in [9.17, 15) is 9.59 Å². The van der Waals surface area contributed by atoms with E-state index in [0.29, 0.717) is 45.4 Å². The fraction of sp³-hybridized carbons (Fsp3) is 0.259. The molecule has 2 N–H and O–H groups in total. The van der Waals surface area contributed by atoms with E-state index in [1.165, 1.54) is 31.3 Å². The van der Waals surface area contributed by atoms with Crippen LogP contribution < -0.4 is 29.9 Å². The predicted octanol–water partition coefficient (Wildman–Crippen LogP) is 5.62. The van der Waals surface area contributed by atoms with E-state index in [2.05, 4.69) is 43.1 Å². The van der Waals surface area contributed by atoms with Crippen LogP contribution in [-0.2, 0) is 11.3 Å². The Hall–Kier alpha value is -4.19. The molecule has 3 amide bonds. The lowest BCUT2D eigenvalue weighted by molar-refractivity contribution is -0.111. The Morgan fingerprint density at radius 2 is 1.95 bits per heavy atom. The maximum atomic E-state index is 15.5. The third-order valence-corrected chi connectivity index (χ3v) is 7.23. The number of para-hydroxylation sites is 2. The summed E-state index contributed by atoms with van der Waals surface area (Å²) in [6, 6.07) is 8.09. The second kappa shape index (κ2) is 10.9. The summed E-state index contributed by atoms with van der Waals surface area (Å²) in [6.07, 6.45) is 4.78. The van der Waals surface area contributed by atoms with Crippen LogP contribution in [0.5, 0.6) is 11.5 Å². The number of amides is 3. The highest BCUT2D eigenvalue weighted by Gasteiger charge is 2.39. The Bertz CT molecular complexity index is 1440. The summed E-state index contributed by atoms with van der Waals surface area (Å²) in [5.41, 5.74) is 1.74. The van der Waals surface area contributed by atoms with Gasteiger partial charge in [0, 0.05) is 24.4 Å². The van der Waals surface area contributed by atoms with Crippen LogP contribution in [0.15, 0.2) is 53.7 Å². The third-order valence-electron chi connectivity index (χ3n) is 6.46. The van der Waals surface area contributed by atoms with Gasteiger partial charge in [-0.3, -0.25) is 14.6 Å². The fourth-order valence-electron chi connectivity index (χ4n) is 4.29. The molecule has 1 saturated carbocycles. The normalized spacial score (nSPS) is 14.5. The smallest absolute Gasteiger partial charge is 0.330 e. The van der Waals surface area contributed by atoms with Crippen LogP contribution in [0.4, 0.5) is 38.0 Å². The molecule has 2 aromatic carbocycles. The molecule has 39 heavy (non-hydrogen) atoms. The Kier molecular flexibility index (Phi) is 7.38. The van der Waals surface area contributed by atoms with E-state index in [4.69, 9.17) is 9.47 Å². The minimum atomic E-state index is -0.689. The second-order valence-corrected chi connectivity index (χ2v) is 9.88. The molecule has 0 spiro atoms. The SMILES string of the molecule is C=CC(=O)Nc1ccccc1Nc1ncc2c(n1)N(CC1CC1)C(=O)N(c1c(F)c(OC)cc(OC)c1Br)C2. The van der Waals surface area contributed by atoms with Gasteiger partial charge in [0.15, 0.2) is 11.6 Å². The van der Waals surface area contributed by atoms with Crippen LogP contribution in [0.2, 0.25) is 0 Å². The monoisotopic (exact) mass is 596 g/mol. The molecule has 0 saturated heterocycles. The van der Waals surface area contributed by atoms with E-state index in [0.717, 1.165) is 12.8 Å². The highest BCUT2D eigenvalue weighted by molar-refractivity contribution is 9.10. The van der Waals surface area contributed by atoms with Crippen molar-refractivity contribution in [3.8, 4) is 11.5 Å². The molecule has 12 heteroatoms. The summed E-state index contributed by atoms with van der Waals surface area (Å²) < 4.78 is 26.4. The highest BCUT2D eigenvalue weighted by Crippen LogP contribution is 2.45. The topological polar surface area (TPSA) is 109 Å². The average molecular weight is 597 g/mol. The van der Waals surface area contributed by atoms with E-state index in [1.54, 1.807) is 35.4 Å². The number of benzene rings is 2. The highest BCUT2D eigenvalue weighted by atomic mass is 79.9. The van der Waals surface area contributed by atoms with Crippen molar-refractivity contribution < 1.29 is 23.5 Å². The molecule has 0 unspecified atom stereocenters. The maximum Gasteiger partial charge on any atom is 0.330 e. The number of urea groups is 1. The minimum absolute atomic E-state index is 0.0109. The molecule has 202 valence electrons. The Labute approximate surface area is 233 Å². The Morgan fingerprint density at radius 3 is 2.62 bits per heavy atom. The van der Waals surface area contributed by atoms with Crippen molar-refractivity contribution in [2.45, 2.75) is 19.4 Å². The molecular weight excluding hydrogens is 571 g/mol. The van der Waals surface area contributed by atoms with Crippen molar-refractivity contribution in [2.24, 2.45) is 5.92 Å². The van der Waals surface area contributed by atoms with Crippen LogP contribution in [0.25, 0.3) is 0 Å². The number of anilines is 5. The number of hydrogen-bond donors (Lipinski definition) is 2. The zero-order valence-corrected chi connectivity index (χ0v) is 22.9. The number of carbonyl (C=O) groups excluding carboxylic acids is 2. The second-order valence-electron chi connectivity index (χ2n) is 9.09. The largest absolute Gasteiger partial charge is 0.495 e. The number of nitrogens with zero attached hydrogens (tertiary/aromatic N) is 4. The first-order valence-electron chi connectivity index (χ1n) is 12.2. The standard InChI is InChI=1S/C27H26BrFN6O4/c1-4-21(36)31-17-7-5-6-8-18(17)32-26-30-12-16-14-34(27(37)35(25(16)33-26)13-15-9-10-15)24-22(28)19(38-2)11-20(39-3)23(24)29/h4-8,11-12,15H,1,9-10,13-14H2,2-3H3,(H,31,36)(H,30,32,33). The molecule has 0 atom stereocenters. The number of fused-ring (bicyclic) bond motifs is 1. The first-order chi connectivity index (χ1) is 18.8. The first-order valence-corrected chi connectivity index (χ1v) is 13.0. The Balaban J connectivity index is 1.53. The van der Waals surface area contributed by atoms with Gasteiger partial charge >= 0.3 is 6.03 Å². The quantitative estimate of drug-likeness (QED) is 0.308. The summed E-state index contributed by atoms with van der Waals surface area (Å²) in [4.78, 5) is 37.8. The van der Waals surface area contributed by atoms with Crippen LogP contribution in [-0.4, -0.2) is 42.7 Å². The molecule has 0 radical (unpaired) electrons. The van der Waals surface area contributed by atoms with Crippen LogP contribution in [0.1, 0.15) is 18.4 Å². The van der Waals surface area contributed by atoms with Gasteiger partial charge in [0.2, 0.25) is 11.9 Å². The van der Waals surface area contributed by atoms with Gasteiger partial charge in [-0.1, -0.05) is 18.7 Å². The van der Waals surface area contributed by atoms with Gasteiger partial charge in [0.1, 0.15) is 17.3 Å². The van der Waals surface area contributed by atoms with Crippen molar-refractivity contribution >= 4 is 56.7 Å². The van der Waals surface area contributed by atoms with Crippen LogP contribution >= 0.6 is 15.9 Å². The summed E-state index contributed by atoms with van der Waals surface area (Å²) >= 11 is 3.41. The zero-order valence-electron chi connectivity index (χ0n) is 21.3. The molecule has 3 aromatic rings. The van der Waals surface area contributed by atoms with Gasteiger partial charge < -0.3 is 20.1 Å². The van der Waals surface area contributed by atoms with Gasteiger partial charge in [-0.15, -0.1) is 0 Å². The van der Waals surface area contributed by atoms with Gasteiger partial charge in [0.05, 0.1) is 36.6 Å². The van der Waals surface area contributed by atoms with Crippen molar-refractivity contribution in [3.05, 3.63) is 65.0 Å². The van der Waals surface area contributed by atoms with Crippen molar-refractivity contribution in [2.75, 3.05) is 41.2 Å². The average Bonchev–Trinajstić information content (AvgIpc) is 3.76. The minimum Gasteiger partial charge on any atom is -0.495 e. The number of nitrogens with one attached hydrogen (secondary N) is 2. The molecule has 2 aliphatic rings.